The number of nitrogens with zero attached hydrogens (tertiary/aromatic N) is 4. The average molecular weight is 498 g/mol. The van der Waals surface area contributed by atoms with Crippen LogP contribution < -0.4 is 5.32 Å². The largest absolute Gasteiger partial charge is 0.339 e. The third kappa shape index (κ3) is 4.49. The van der Waals surface area contributed by atoms with Crippen LogP contribution in [0.2, 0.25) is 0 Å². The molecule has 34 heavy (non-hydrogen) atoms. The molecule has 2 aliphatic rings. The number of aromatic nitrogens is 2. The van der Waals surface area contributed by atoms with Gasteiger partial charge < -0.3 is 9.84 Å². The molecule has 5 rings (SSSR count). The molecule has 0 spiro atoms. The summed E-state index contributed by atoms with van der Waals surface area (Å²) in [6, 6.07) is 10.3. The zero-order chi connectivity index (χ0) is 23.7. The highest BCUT2D eigenvalue weighted by Crippen LogP contribution is 2.37. The molecule has 9 nitrogen and oxygen atoms in total. The van der Waals surface area contributed by atoms with Crippen LogP contribution in [-0.4, -0.2) is 41.9 Å². The van der Waals surface area contributed by atoms with Crippen molar-refractivity contribution in [1.82, 2.24) is 14.4 Å². The number of thiophene rings is 1. The summed E-state index contributed by atoms with van der Waals surface area (Å²) in [5.41, 5.74) is 1.58. The third-order valence-electron chi connectivity index (χ3n) is 6.34. The topological polar surface area (TPSA) is 129 Å². The Morgan fingerprint density at radius 3 is 2.85 bits per heavy atom. The summed E-state index contributed by atoms with van der Waals surface area (Å²) in [6.07, 6.45) is 4.42. The van der Waals surface area contributed by atoms with E-state index in [1.54, 1.807) is 35.7 Å². The van der Waals surface area contributed by atoms with Crippen LogP contribution >= 0.6 is 11.3 Å². The molecule has 1 atom stereocenters. The second-order valence-electron chi connectivity index (χ2n) is 8.62. The van der Waals surface area contributed by atoms with E-state index in [0.29, 0.717) is 53.8 Å². The monoisotopic (exact) mass is 497 g/mol. The number of carbonyl (C=O) groups is 1. The number of piperidine rings is 1. The minimum atomic E-state index is -3.76. The van der Waals surface area contributed by atoms with E-state index in [-0.39, 0.29) is 16.7 Å². The normalized spacial score (nSPS) is 19.3. The molecule has 1 N–H and O–H groups in total. The third-order valence-corrected chi connectivity index (χ3v) is 9.62. The summed E-state index contributed by atoms with van der Waals surface area (Å²) in [7, 11) is -3.76. The summed E-state index contributed by atoms with van der Waals surface area (Å²) in [5, 5.41) is 17.6. The maximum Gasteiger partial charge on any atom is 0.252 e. The van der Waals surface area contributed by atoms with Gasteiger partial charge in [0.25, 0.3) is 10.0 Å². The summed E-state index contributed by atoms with van der Waals surface area (Å²) >= 11 is 1.12. The van der Waals surface area contributed by atoms with E-state index in [0.717, 1.165) is 30.6 Å². The van der Waals surface area contributed by atoms with E-state index < -0.39 is 15.9 Å². The Morgan fingerprint density at radius 2 is 2.09 bits per heavy atom. The number of benzene rings is 1. The number of rotatable bonds is 6. The number of hydrogen-bond acceptors (Lipinski definition) is 8. The summed E-state index contributed by atoms with van der Waals surface area (Å²) < 4.78 is 33.6. The highest BCUT2D eigenvalue weighted by atomic mass is 32.2. The summed E-state index contributed by atoms with van der Waals surface area (Å²) in [5.74, 6) is 0.590. The van der Waals surface area contributed by atoms with Gasteiger partial charge in [0.15, 0.2) is 0 Å². The number of amides is 1. The van der Waals surface area contributed by atoms with E-state index in [2.05, 4.69) is 15.5 Å². The molecule has 1 saturated heterocycles. The van der Waals surface area contributed by atoms with Gasteiger partial charge in [0.1, 0.15) is 4.21 Å². The van der Waals surface area contributed by atoms with Gasteiger partial charge in [0.05, 0.1) is 17.6 Å². The van der Waals surface area contributed by atoms with Crippen molar-refractivity contribution in [1.29, 1.82) is 5.26 Å². The number of sulfonamides is 1. The van der Waals surface area contributed by atoms with Crippen molar-refractivity contribution in [2.75, 3.05) is 18.4 Å². The quantitative estimate of drug-likeness (QED) is 0.545. The number of nitrogens with one attached hydrogen (secondary N) is 1. The molecule has 1 saturated carbocycles. The van der Waals surface area contributed by atoms with Crippen molar-refractivity contribution >= 4 is 33.0 Å². The predicted octanol–water partition coefficient (Wildman–Crippen LogP) is 3.98. The molecule has 1 aliphatic heterocycles. The van der Waals surface area contributed by atoms with Crippen molar-refractivity contribution in [2.45, 2.75) is 42.2 Å². The lowest BCUT2D eigenvalue weighted by molar-refractivity contribution is -0.120. The van der Waals surface area contributed by atoms with Crippen LogP contribution in [-0.2, 0) is 14.8 Å². The number of hydrogen-bond donors (Lipinski definition) is 1. The van der Waals surface area contributed by atoms with Gasteiger partial charge in [0, 0.05) is 35.6 Å². The van der Waals surface area contributed by atoms with Crippen LogP contribution in [0, 0.1) is 17.2 Å². The van der Waals surface area contributed by atoms with Crippen LogP contribution in [0.25, 0.3) is 11.4 Å². The number of nitriles is 1. The lowest BCUT2D eigenvalue weighted by Gasteiger charge is -2.30. The molecule has 3 aromatic rings. The lowest BCUT2D eigenvalue weighted by Crippen LogP contribution is -2.43. The van der Waals surface area contributed by atoms with Gasteiger partial charge in [-0.1, -0.05) is 17.6 Å². The molecule has 1 aromatic carbocycles. The van der Waals surface area contributed by atoms with E-state index >= 15 is 0 Å². The standard InChI is InChI=1S/C23H23N5O4S2/c24-12-15-4-1-8-19(10-15)25-22(29)17-7-3-9-28(13-17)34(30,31)20-11-18(14-33-20)21-26-23(32-27-21)16-5-2-6-16/h1,4,8,10-11,14,16-17H,2-3,5-7,9,13H2,(H,25,29)/t17-/m1/s1. The zero-order valence-corrected chi connectivity index (χ0v) is 19.9. The van der Waals surface area contributed by atoms with Gasteiger partial charge in [-0.25, -0.2) is 8.42 Å². The minimum Gasteiger partial charge on any atom is -0.339 e. The van der Waals surface area contributed by atoms with Crippen molar-refractivity contribution in [3.63, 3.8) is 0 Å². The fourth-order valence-electron chi connectivity index (χ4n) is 4.16. The Labute approximate surface area is 201 Å². The first kappa shape index (κ1) is 22.7. The molecular weight excluding hydrogens is 474 g/mol. The van der Waals surface area contributed by atoms with Gasteiger partial charge in [-0.15, -0.1) is 11.3 Å². The molecule has 0 unspecified atom stereocenters. The highest BCUT2D eigenvalue weighted by Gasteiger charge is 2.34. The molecule has 176 valence electrons. The molecule has 11 heteroatoms. The van der Waals surface area contributed by atoms with E-state index in [1.165, 1.54) is 4.31 Å². The molecule has 2 fully saturated rings. The number of anilines is 1. The van der Waals surface area contributed by atoms with Gasteiger partial charge >= 0.3 is 0 Å². The van der Waals surface area contributed by atoms with Crippen molar-refractivity contribution in [3.8, 4) is 17.5 Å². The molecule has 3 heterocycles. The van der Waals surface area contributed by atoms with Crippen LogP contribution in [0.15, 0.2) is 44.4 Å². The SMILES string of the molecule is N#Cc1cccc(NC(=O)[C@@H]2CCCN(S(=O)(=O)c3cc(-c4noc(C5CCC5)n4)cs3)C2)c1. The van der Waals surface area contributed by atoms with Crippen LogP contribution in [0.5, 0.6) is 0 Å². The summed E-state index contributed by atoms with van der Waals surface area (Å²) in [4.78, 5) is 17.3. The van der Waals surface area contributed by atoms with E-state index in [4.69, 9.17) is 9.78 Å². The second kappa shape index (κ2) is 9.29. The molecule has 1 aliphatic carbocycles. The van der Waals surface area contributed by atoms with Gasteiger partial charge in [-0.05, 0) is 49.9 Å². The Bertz CT molecular complexity index is 1350. The highest BCUT2D eigenvalue weighted by molar-refractivity contribution is 7.91. The molecule has 2 aromatic heterocycles. The Balaban J connectivity index is 1.28. The maximum absolute atomic E-state index is 13.3. The maximum atomic E-state index is 13.3. The van der Waals surface area contributed by atoms with Crippen molar-refractivity contribution < 1.29 is 17.7 Å². The first-order valence-corrected chi connectivity index (χ1v) is 13.5. The van der Waals surface area contributed by atoms with Crippen molar-refractivity contribution in [3.05, 3.63) is 47.2 Å². The first-order valence-electron chi connectivity index (χ1n) is 11.2. The van der Waals surface area contributed by atoms with Gasteiger partial charge in [0.2, 0.25) is 17.6 Å². The smallest absolute Gasteiger partial charge is 0.252 e. The molecule has 0 radical (unpaired) electrons. The Morgan fingerprint density at radius 1 is 1.24 bits per heavy atom. The first-order chi connectivity index (χ1) is 16.4. The van der Waals surface area contributed by atoms with Crippen LogP contribution in [0.1, 0.15) is 49.5 Å². The van der Waals surface area contributed by atoms with Crippen LogP contribution in [0.3, 0.4) is 0 Å². The van der Waals surface area contributed by atoms with Crippen molar-refractivity contribution in [2.24, 2.45) is 5.92 Å². The Kier molecular flexibility index (Phi) is 6.20. The fraction of sp³-hybridized carbons (Fsp3) is 0.391. The average Bonchev–Trinajstić information content (AvgIpc) is 3.48. The fourth-order valence-corrected chi connectivity index (χ4v) is 6.99. The number of carbonyl (C=O) groups excluding carboxylic acids is 1. The zero-order valence-electron chi connectivity index (χ0n) is 18.3. The molecular formula is C23H23N5O4S2. The molecule has 0 bridgehead atoms. The Hall–Kier alpha value is -3.07. The molecule has 1 amide bonds. The van der Waals surface area contributed by atoms with E-state index in [1.807, 2.05) is 6.07 Å². The van der Waals surface area contributed by atoms with E-state index in [9.17, 15) is 13.2 Å². The van der Waals surface area contributed by atoms with Gasteiger partial charge in [-0.3, -0.25) is 4.79 Å². The summed E-state index contributed by atoms with van der Waals surface area (Å²) in [6.45, 7) is 0.463. The van der Waals surface area contributed by atoms with Gasteiger partial charge in [-0.2, -0.15) is 14.6 Å². The van der Waals surface area contributed by atoms with Crippen LogP contribution in [0.4, 0.5) is 5.69 Å². The lowest BCUT2D eigenvalue weighted by atomic mass is 9.85. The second-order valence-corrected chi connectivity index (χ2v) is 11.7. The predicted molar refractivity (Wildman–Crippen MR) is 125 cm³/mol. The minimum absolute atomic E-state index is 0.105.